The largest absolute Gasteiger partial charge is 0.481 e. The lowest BCUT2D eigenvalue weighted by Gasteiger charge is -2.27. The van der Waals surface area contributed by atoms with Gasteiger partial charge < -0.3 is 33.7 Å². The number of amides is 1. The summed E-state index contributed by atoms with van der Waals surface area (Å²) in [6.07, 6.45) is -0.490. The van der Waals surface area contributed by atoms with E-state index in [0.717, 1.165) is 0 Å². The first-order valence-electron chi connectivity index (χ1n) is 9.78. The number of rotatable bonds is 18. The van der Waals surface area contributed by atoms with Gasteiger partial charge >= 0.3 is 12.1 Å². The molecule has 0 spiro atoms. The fourth-order valence-corrected chi connectivity index (χ4v) is 1.92. The van der Waals surface area contributed by atoms with Gasteiger partial charge in [0.1, 0.15) is 5.60 Å². The quantitative estimate of drug-likeness (QED) is 0.149. The highest BCUT2D eigenvalue weighted by Gasteiger charge is 2.21. The molecule has 12 nitrogen and oxygen atoms in total. The molecule has 0 aliphatic carbocycles. The Labute approximate surface area is 177 Å². The highest BCUT2D eigenvalue weighted by atomic mass is 16.6. The molecule has 0 saturated heterocycles. The molecular weight excluding hydrogens is 400 g/mol. The molecule has 0 aliphatic rings. The van der Waals surface area contributed by atoms with Gasteiger partial charge in [0.05, 0.1) is 59.3 Å². The maximum absolute atomic E-state index is 12.3. The van der Waals surface area contributed by atoms with Gasteiger partial charge in [-0.15, -0.1) is 0 Å². The van der Waals surface area contributed by atoms with E-state index in [1.54, 1.807) is 20.8 Å². The predicted molar refractivity (Wildman–Crippen MR) is 107 cm³/mol. The molecule has 174 valence electrons. The Morgan fingerprint density at radius 2 is 1.40 bits per heavy atom. The summed E-state index contributed by atoms with van der Waals surface area (Å²) in [4.78, 5) is 26.8. The van der Waals surface area contributed by atoms with Gasteiger partial charge in [0.2, 0.25) is 0 Å². The molecule has 1 amide bonds. The maximum atomic E-state index is 12.3. The van der Waals surface area contributed by atoms with Crippen LogP contribution in [0.3, 0.4) is 0 Å². The fraction of sp³-hybridized carbons (Fsp3) is 0.889. The average molecular weight is 434 g/mol. The van der Waals surface area contributed by atoms with Gasteiger partial charge in [-0.05, 0) is 26.3 Å². The first-order chi connectivity index (χ1) is 14.3. The lowest BCUT2D eigenvalue weighted by molar-refractivity contribution is -0.138. The number of azide groups is 1. The molecule has 0 saturated carbocycles. The molecule has 0 radical (unpaired) electrons. The Balaban J connectivity index is 3.97. The predicted octanol–water partition coefficient (Wildman–Crippen LogP) is 2.07. The van der Waals surface area contributed by atoms with Gasteiger partial charge in [0, 0.05) is 24.5 Å². The van der Waals surface area contributed by atoms with E-state index >= 15 is 0 Å². The van der Waals surface area contributed by atoms with E-state index in [1.807, 2.05) is 0 Å². The minimum absolute atomic E-state index is 0.0316. The van der Waals surface area contributed by atoms with Crippen LogP contribution < -0.4 is 0 Å². The van der Waals surface area contributed by atoms with Gasteiger partial charge in [0.25, 0.3) is 0 Å². The van der Waals surface area contributed by atoms with Crippen LogP contribution in [0.4, 0.5) is 4.79 Å². The van der Waals surface area contributed by atoms with Gasteiger partial charge in [0.15, 0.2) is 0 Å². The zero-order chi connectivity index (χ0) is 22.7. The zero-order valence-electron chi connectivity index (χ0n) is 18.1. The van der Waals surface area contributed by atoms with E-state index < -0.39 is 17.7 Å². The van der Waals surface area contributed by atoms with Crippen molar-refractivity contribution in [2.24, 2.45) is 5.11 Å². The number of hydrogen-bond donors (Lipinski definition) is 1. The normalized spacial score (nSPS) is 11.0. The number of ether oxygens (including phenoxy) is 5. The van der Waals surface area contributed by atoms with Crippen LogP contribution in [0.2, 0.25) is 0 Å². The molecule has 0 unspecified atom stereocenters. The molecule has 30 heavy (non-hydrogen) atoms. The monoisotopic (exact) mass is 434 g/mol. The Kier molecular flexibility index (Phi) is 16.5. The van der Waals surface area contributed by atoms with Crippen LogP contribution in [-0.4, -0.2) is 100 Å². The molecule has 1 N–H and O–H groups in total. The third kappa shape index (κ3) is 19.2. The van der Waals surface area contributed by atoms with Crippen LogP contribution in [0.1, 0.15) is 27.2 Å². The number of carboxylic acids is 1. The van der Waals surface area contributed by atoms with Crippen molar-refractivity contribution in [3.63, 3.8) is 0 Å². The van der Waals surface area contributed by atoms with Crippen molar-refractivity contribution >= 4 is 12.1 Å². The highest BCUT2D eigenvalue weighted by Crippen LogP contribution is 2.09. The van der Waals surface area contributed by atoms with Crippen LogP contribution in [0.5, 0.6) is 0 Å². The van der Waals surface area contributed by atoms with Gasteiger partial charge in [-0.25, -0.2) is 4.79 Å². The number of nitrogens with zero attached hydrogens (tertiary/aromatic N) is 4. The van der Waals surface area contributed by atoms with Crippen molar-refractivity contribution in [2.75, 3.05) is 72.5 Å². The minimum atomic E-state index is -0.899. The molecule has 0 aromatic rings. The molecular formula is C18H34N4O8. The first kappa shape index (κ1) is 27.9. The summed E-state index contributed by atoms with van der Waals surface area (Å²) < 4.78 is 26.6. The lowest BCUT2D eigenvalue weighted by atomic mass is 10.2. The summed E-state index contributed by atoms with van der Waals surface area (Å²) in [5.41, 5.74) is 7.61. The summed E-state index contributed by atoms with van der Waals surface area (Å²) in [6.45, 7) is 8.64. The SMILES string of the molecule is CC(C)(C)OC(=O)N(CCOCCN=[N+]=[N-])CCOCCOCCOCCC(=O)O. The van der Waals surface area contributed by atoms with Crippen molar-refractivity contribution in [1.29, 1.82) is 0 Å². The van der Waals surface area contributed by atoms with Gasteiger partial charge in [-0.1, -0.05) is 5.11 Å². The minimum Gasteiger partial charge on any atom is -0.481 e. The van der Waals surface area contributed by atoms with Crippen LogP contribution in [-0.2, 0) is 28.5 Å². The average Bonchev–Trinajstić information content (AvgIpc) is 2.65. The van der Waals surface area contributed by atoms with Crippen molar-refractivity contribution in [3.05, 3.63) is 10.4 Å². The molecule has 0 aromatic heterocycles. The Morgan fingerprint density at radius 1 is 0.900 bits per heavy atom. The van der Waals surface area contributed by atoms with E-state index in [4.69, 9.17) is 34.3 Å². The van der Waals surface area contributed by atoms with E-state index in [-0.39, 0.29) is 32.8 Å². The maximum Gasteiger partial charge on any atom is 0.410 e. The van der Waals surface area contributed by atoms with Crippen LogP contribution in [0.25, 0.3) is 10.4 Å². The fourth-order valence-electron chi connectivity index (χ4n) is 1.92. The van der Waals surface area contributed by atoms with Crippen molar-refractivity contribution in [2.45, 2.75) is 32.8 Å². The van der Waals surface area contributed by atoms with E-state index in [9.17, 15) is 9.59 Å². The molecule has 12 heteroatoms. The highest BCUT2D eigenvalue weighted by molar-refractivity contribution is 5.68. The van der Waals surface area contributed by atoms with E-state index in [0.29, 0.717) is 46.1 Å². The smallest absolute Gasteiger partial charge is 0.410 e. The molecule has 0 fully saturated rings. The Morgan fingerprint density at radius 3 is 1.90 bits per heavy atom. The van der Waals surface area contributed by atoms with Crippen LogP contribution in [0.15, 0.2) is 5.11 Å². The number of aliphatic carboxylic acids is 1. The lowest BCUT2D eigenvalue weighted by Crippen LogP contribution is -2.40. The number of carbonyl (C=O) groups excluding carboxylic acids is 1. The molecule has 0 heterocycles. The van der Waals surface area contributed by atoms with Crippen LogP contribution >= 0.6 is 0 Å². The molecule has 0 aliphatic heterocycles. The molecule has 0 aromatic carbocycles. The summed E-state index contributed by atoms with van der Waals surface area (Å²) >= 11 is 0. The Bertz CT molecular complexity index is 521. The van der Waals surface area contributed by atoms with Gasteiger partial charge in [-0.2, -0.15) is 0 Å². The second-order valence-corrected chi connectivity index (χ2v) is 7.02. The zero-order valence-corrected chi connectivity index (χ0v) is 18.1. The van der Waals surface area contributed by atoms with Crippen molar-refractivity contribution in [1.82, 2.24) is 4.90 Å². The van der Waals surface area contributed by atoms with Crippen molar-refractivity contribution in [3.8, 4) is 0 Å². The van der Waals surface area contributed by atoms with E-state index in [1.165, 1.54) is 4.90 Å². The summed E-state index contributed by atoms with van der Waals surface area (Å²) in [7, 11) is 0. The number of carbonyl (C=O) groups is 2. The number of carboxylic acid groups (broad SMARTS) is 1. The summed E-state index contributed by atoms with van der Waals surface area (Å²) in [5.74, 6) is -0.899. The topological polar surface area (TPSA) is 153 Å². The second kappa shape index (κ2) is 17.7. The van der Waals surface area contributed by atoms with Crippen LogP contribution in [0, 0.1) is 0 Å². The number of hydrogen-bond acceptors (Lipinski definition) is 8. The molecule has 0 atom stereocenters. The standard InChI is InChI=1S/C18H34N4O8/c1-18(2,3)30-17(25)22(6-10-27-9-5-20-21-19)7-11-28-13-15-29-14-12-26-8-4-16(23)24/h4-15H2,1-3H3,(H,23,24). The first-order valence-corrected chi connectivity index (χ1v) is 9.78. The molecule has 0 rings (SSSR count). The van der Waals surface area contributed by atoms with E-state index in [2.05, 4.69) is 10.0 Å². The van der Waals surface area contributed by atoms with Gasteiger partial charge in [-0.3, -0.25) is 4.79 Å². The summed E-state index contributed by atoms with van der Waals surface area (Å²) in [5, 5.41) is 11.8. The third-order valence-corrected chi connectivity index (χ3v) is 3.27. The third-order valence-electron chi connectivity index (χ3n) is 3.27. The Hall–Kier alpha value is -2.11. The summed E-state index contributed by atoms with van der Waals surface area (Å²) in [6, 6.07) is 0. The second-order valence-electron chi connectivity index (χ2n) is 7.02. The van der Waals surface area contributed by atoms with Crippen molar-refractivity contribution < 1.29 is 38.4 Å². The molecule has 0 bridgehead atoms.